The second kappa shape index (κ2) is 4.49. The maximum atomic E-state index is 6.57. The molecule has 2 aromatic heterocycles. The largest absolute Gasteiger partial charge is 0.477 e. The highest BCUT2D eigenvalue weighted by Crippen LogP contribution is 2.25. The van der Waals surface area contributed by atoms with E-state index < -0.39 is 30.4 Å². The van der Waals surface area contributed by atoms with E-state index in [-0.39, 0.29) is 0 Å². The normalized spacial score (nSPS) is 24.0. The van der Waals surface area contributed by atoms with Crippen molar-refractivity contribution in [2.24, 2.45) is 0 Å². The Morgan fingerprint density at radius 3 is 0.818 bits per heavy atom. The molecular weight excluding hydrogens is 337 g/mol. The lowest BCUT2D eigenvalue weighted by Crippen LogP contribution is -2.72. The van der Waals surface area contributed by atoms with E-state index in [4.69, 9.17) is 8.83 Å². The van der Waals surface area contributed by atoms with Gasteiger partial charge in [0, 0.05) is 0 Å². The summed E-state index contributed by atoms with van der Waals surface area (Å²) in [5.41, 5.74) is 0. The van der Waals surface area contributed by atoms with Crippen molar-refractivity contribution >= 4 is 51.9 Å². The SMILES string of the molecule is C[Si]1(C)c2ccc(o2)[Si](C)(C)[Si](C)(C)c2ccc(o2)[Si]1(C)C. The smallest absolute Gasteiger partial charge is 0.127 e. The molecule has 0 atom stereocenters. The highest BCUT2D eigenvalue weighted by Gasteiger charge is 2.54. The summed E-state index contributed by atoms with van der Waals surface area (Å²) in [6.07, 6.45) is 0. The molecule has 3 heterocycles. The van der Waals surface area contributed by atoms with E-state index in [9.17, 15) is 0 Å². The molecule has 1 aliphatic rings. The first-order valence-corrected chi connectivity index (χ1v) is 22.1. The van der Waals surface area contributed by atoms with Crippen molar-refractivity contribution in [2.75, 3.05) is 0 Å². The van der Waals surface area contributed by atoms with Gasteiger partial charge in [0.05, 0.1) is 21.5 Å². The average molecular weight is 365 g/mol. The van der Waals surface area contributed by atoms with Crippen molar-refractivity contribution in [3.05, 3.63) is 24.3 Å². The summed E-state index contributed by atoms with van der Waals surface area (Å²) < 4.78 is 13.1. The Morgan fingerprint density at radius 2 is 0.636 bits per heavy atom. The van der Waals surface area contributed by atoms with Gasteiger partial charge in [-0.25, -0.2) is 0 Å². The predicted molar refractivity (Wildman–Crippen MR) is 106 cm³/mol. The van der Waals surface area contributed by atoms with Crippen LogP contribution in [0.5, 0.6) is 0 Å². The molecule has 3 rings (SSSR count). The Balaban J connectivity index is 2.36. The van der Waals surface area contributed by atoms with Gasteiger partial charge in [0.2, 0.25) is 0 Å². The van der Waals surface area contributed by atoms with E-state index in [1.165, 1.54) is 21.5 Å². The first-order valence-electron chi connectivity index (χ1n) is 8.14. The van der Waals surface area contributed by atoms with Crippen LogP contribution in [-0.2, 0) is 0 Å². The number of hydrogen-bond acceptors (Lipinski definition) is 2. The van der Waals surface area contributed by atoms with E-state index in [0.717, 1.165) is 0 Å². The first-order chi connectivity index (χ1) is 9.92. The molecule has 0 spiro atoms. The molecule has 0 N–H and O–H groups in total. The molecule has 2 aromatic rings. The van der Waals surface area contributed by atoms with Gasteiger partial charge in [0.25, 0.3) is 0 Å². The van der Waals surface area contributed by atoms with Crippen molar-refractivity contribution in [3.63, 3.8) is 0 Å². The molecule has 0 amide bonds. The highest BCUT2D eigenvalue weighted by molar-refractivity contribution is 7.51. The Labute approximate surface area is 137 Å². The van der Waals surface area contributed by atoms with Crippen LogP contribution in [0.15, 0.2) is 33.1 Å². The van der Waals surface area contributed by atoms with Crippen LogP contribution in [0.1, 0.15) is 0 Å². The molecule has 0 aliphatic carbocycles. The van der Waals surface area contributed by atoms with Crippen molar-refractivity contribution in [3.8, 4) is 0 Å². The summed E-state index contributed by atoms with van der Waals surface area (Å²) in [4.78, 5) is 0. The Bertz CT molecular complexity index is 603. The quantitative estimate of drug-likeness (QED) is 0.671. The molecule has 1 aliphatic heterocycles. The lowest BCUT2D eigenvalue weighted by atomic mass is 10.7. The number of fused-ring (bicyclic) bond motifs is 4. The van der Waals surface area contributed by atoms with Crippen LogP contribution in [0.4, 0.5) is 0 Å². The topological polar surface area (TPSA) is 26.3 Å². The molecule has 6 heteroatoms. The van der Waals surface area contributed by atoms with Gasteiger partial charge < -0.3 is 8.83 Å². The van der Waals surface area contributed by atoms with Crippen LogP contribution in [0.2, 0.25) is 52.4 Å². The second-order valence-electron chi connectivity index (χ2n) is 8.83. The molecule has 0 saturated heterocycles. The van der Waals surface area contributed by atoms with E-state index in [1.807, 2.05) is 0 Å². The van der Waals surface area contributed by atoms with Crippen LogP contribution in [-0.4, -0.2) is 30.4 Å². The molecule has 0 aromatic carbocycles. The van der Waals surface area contributed by atoms with Gasteiger partial charge in [-0.05, 0) is 24.3 Å². The standard InChI is InChI=1S/C16H28O2Si4/c1-19(2)13-9-10-15(17-13)21(5,6)22(7,8)16-12-11-14(18-16)20(19,3)4/h9-12H,1-8H3. The van der Waals surface area contributed by atoms with Crippen molar-refractivity contribution in [1.29, 1.82) is 0 Å². The monoisotopic (exact) mass is 364 g/mol. The van der Waals surface area contributed by atoms with Crippen LogP contribution in [0, 0.1) is 0 Å². The summed E-state index contributed by atoms with van der Waals surface area (Å²) in [5, 5.41) is 5.13. The van der Waals surface area contributed by atoms with Gasteiger partial charge in [0.1, 0.15) is 30.4 Å². The summed E-state index contributed by atoms with van der Waals surface area (Å²) in [5.74, 6) is 0. The van der Waals surface area contributed by atoms with Crippen LogP contribution in [0.25, 0.3) is 0 Å². The molecule has 0 fully saturated rings. The van der Waals surface area contributed by atoms with Gasteiger partial charge in [-0.15, -0.1) is 0 Å². The third-order valence-corrected chi connectivity index (χ3v) is 40.8. The van der Waals surface area contributed by atoms with Gasteiger partial charge in [-0.2, -0.15) is 0 Å². The van der Waals surface area contributed by atoms with Crippen LogP contribution >= 0.6 is 0 Å². The molecule has 0 radical (unpaired) electrons. The number of furan rings is 2. The maximum Gasteiger partial charge on any atom is 0.127 e. The molecule has 0 unspecified atom stereocenters. The van der Waals surface area contributed by atoms with Crippen molar-refractivity contribution in [2.45, 2.75) is 52.4 Å². The lowest BCUT2D eigenvalue weighted by Gasteiger charge is -2.38. The minimum absolute atomic E-state index is 1.28. The fraction of sp³-hybridized carbons (Fsp3) is 0.500. The summed E-state index contributed by atoms with van der Waals surface area (Å²) in [6.45, 7) is 19.7. The lowest BCUT2D eigenvalue weighted by molar-refractivity contribution is 0.623. The fourth-order valence-electron chi connectivity index (χ4n) is 3.25. The molecule has 120 valence electrons. The second-order valence-corrected chi connectivity index (χ2v) is 38.8. The minimum atomic E-state index is -1.67. The Morgan fingerprint density at radius 1 is 0.455 bits per heavy atom. The first kappa shape index (κ1) is 16.3. The van der Waals surface area contributed by atoms with Crippen LogP contribution < -0.4 is 21.5 Å². The Kier molecular flexibility index (Phi) is 3.33. The van der Waals surface area contributed by atoms with Gasteiger partial charge in [0.15, 0.2) is 0 Å². The van der Waals surface area contributed by atoms with Gasteiger partial charge in [-0.1, -0.05) is 52.4 Å². The van der Waals surface area contributed by atoms with Crippen molar-refractivity contribution < 1.29 is 8.83 Å². The van der Waals surface area contributed by atoms with Gasteiger partial charge >= 0.3 is 0 Å². The molecule has 22 heavy (non-hydrogen) atoms. The van der Waals surface area contributed by atoms with E-state index >= 15 is 0 Å². The summed E-state index contributed by atoms with van der Waals surface area (Å²) in [7, 11) is -6.69. The van der Waals surface area contributed by atoms with Gasteiger partial charge in [-0.3, -0.25) is 0 Å². The third-order valence-electron chi connectivity index (χ3n) is 6.80. The zero-order chi connectivity index (χ0) is 16.6. The molecule has 0 saturated carbocycles. The molecular formula is C16H28O2Si4. The summed E-state index contributed by atoms with van der Waals surface area (Å²) >= 11 is 0. The molecule has 4 bridgehead atoms. The zero-order valence-corrected chi connectivity index (χ0v) is 19.1. The fourth-order valence-corrected chi connectivity index (χ4v) is 18.4. The number of hydrogen-bond donors (Lipinski definition) is 0. The van der Waals surface area contributed by atoms with E-state index in [2.05, 4.69) is 76.6 Å². The maximum absolute atomic E-state index is 6.57. The van der Waals surface area contributed by atoms with Crippen molar-refractivity contribution in [1.82, 2.24) is 0 Å². The third kappa shape index (κ3) is 1.87. The molecule has 2 nitrogen and oxygen atoms in total. The summed E-state index contributed by atoms with van der Waals surface area (Å²) in [6, 6.07) is 9.18. The zero-order valence-electron chi connectivity index (χ0n) is 15.1. The van der Waals surface area contributed by atoms with E-state index in [1.54, 1.807) is 0 Å². The number of rotatable bonds is 0. The predicted octanol–water partition coefficient (Wildman–Crippen LogP) is 2.40. The van der Waals surface area contributed by atoms with Crippen LogP contribution in [0.3, 0.4) is 0 Å². The minimum Gasteiger partial charge on any atom is -0.477 e. The average Bonchev–Trinajstić information content (AvgIpc) is 3.07. The van der Waals surface area contributed by atoms with E-state index in [0.29, 0.717) is 0 Å². The Hall–Kier alpha value is -0.572. The highest BCUT2D eigenvalue weighted by atomic mass is 29.3.